The van der Waals surface area contributed by atoms with Crippen LogP contribution in [0.3, 0.4) is 0 Å². The van der Waals surface area contributed by atoms with E-state index in [1.165, 1.54) is 17.3 Å². The summed E-state index contributed by atoms with van der Waals surface area (Å²) in [5.74, 6) is -0.215. The van der Waals surface area contributed by atoms with Crippen molar-refractivity contribution in [2.24, 2.45) is 5.92 Å². The molecule has 3 rings (SSSR count). The Morgan fingerprint density at radius 2 is 2.04 bits per heavy atom. The van der Waals surface area contributed by atoms with Crippen LogP contribution >= 0.6 is 0 Å². The van der Waals surface area contributed by atoms with E-state index >= 15 is 0 Å². The molecule has 2 amide bonds. The summed E-state index contributed by atoms with van der Waals surface area (Å²) in [6.45, 7) is 5.89. The molecule has 2 aliphatic heterocycles. The zero-order valence-electron chi connectivity index (χ0n) is 15.8. The van der Waals surface area contributed by atoms with E-state index in [0.29, 0.717) is 25.9 Å². The molecule has 0 radical (unpaired) electrons. The fourth-order valence-electron chi connectivity index (χ4n) is 3.59. The first-order valence-corrected chi connectivity index (χ1v) is 10.7. The molecule has 2 heterocycles. The summed E-state index contributed by atoms with van der Waals surface area (Å²) in [6, 6.07) is 6.51. The smallest absolute Gasteiger partial charge is 0.245 e. The minimum Gasteiger partial charge on any atom is -0.354 e. The number of amides is 2. The molecule has 0 spiro atoms. The number of carbonyl (C=O) groups is 2. The Labute approximate surface area is 165 Å². The lowest BCUT2D eigenvalue weighted by atomic mass is 9.94. The van der Waals surface area contributed by atoms with Crippen molar-refractivity contribution in [1.29, 1.82) is 0 Å². The van der Waals surface area contributed by atoms with Crippen LogP contribution in [0.25, 0.3) is 0 Å². The molecule has 0 bridgehead atoms. The van der Waals surface area contributed by atoms with Crippen molar-refractivity contribution in [2.45, 2.75) is 43.5 Å². The first-order valence-electron chi connectivity index (χ1n) is 9.21. The molecule has 0 saturated carbocycles. The molecule has 0 aromatic heterocycles. The zero-order chi connectivity index (χ0) is 20.3. The molecule has 28 heavy (non-hydrogen) atoms. The van der Waals surface area contributed by atoms with E-state index in [2.05, 4.69) is 17.2 Å². The van der Waals surface area contributed by atoms with E-state index in [4.69, 9.17) is 4.74 Å². The van der Waals surface area contributed by atoms with Gasteiger partial charge in [-0.15, -0.1) is 0 Å². The van der Waals surface area contributed by atoms with Crippen LogP contribution in [-0.4, -0.2) is 50.0 Å². The predicted octanol–water partition coefficient (Wildman–Crippen LogP) is 0.751. The lowest BCUT2D eigenvalue weighted by molar-refractivity contribution is -0.121. The maximum atomic E-state index is 13.0. The van der Waals surface area contributed by atoms with Gasteiger partial charge in [0.15, 0.2) is 0 Å². The maximum Gasteiger partial charge on any atom is 0.245 e. The normalized spacial score (nSPS) is 25.0. The average molecular weight is 407 g/mol. The van der Waals surface area contributed by atoms with Crippen molar-refractivity contribution in [3.05, 3.63) is 42.5 Å². The third-order valence-electron chi connectivity index (χ3n) is 5.11. The van der Waals surface area contributed by atoms with Gasteiger partial charge >= 0.3 is 0 Å². The molecule has 3 atom stereocenters. The summed E-state index contributed by atoms with van der Waals surface area (Å²) < 4.78 is 33.2. The van der Waals surface area contributed by atoms with Crippen molar-refractivity contribution < 1.29 is 22.7 Å². The fourth-order valence-corrected chi connectivity index (χ4v) is 5.05. The van der Waals surface area contributed by atoms with Crippen LogP contribution in [0.2, 0.25) is 0 Å². The molecular weight excluding hydrogens is 382 g/mol. The molecule has 1 aromatic rings. The second-order valence-corrected chi connectivity index (χ2v) is 9.02. The van der Waals surface area contributed by atoms with E-state index in [9.17, 15) is 18.0 Å². The number of hydrogen-bond donors (Lipinski definition) is 2. The topological polar surface area (TPSA) is 105 Å². The average Bonchev–Trinajstić information content (AvgIpc) is 3.07. The first kappa shape index (κ1) is 20.5. The maximum absolute atomic E-state index is 13.0. The molecule has 152 valence electrons. The summed E-state index contributed by atoms with van der Waals surface area (Å²) in [6.07, 6.45) is 1.91. The van der Waals surface area contributed by atoms with Crippen LogP contribution in [0, 0.1) is 5.92 Å². The highest BCUT2D eigenvalue weighted by molar-refractivity contribution is 7.89. The van der Waals surface area contributed by atoms with Gasteiger partial charge in [0.2, 0.25) is 21.8 Å². The minimum atomic E-state index is -3.63. The molecule has 0 aliphatic carbocycles. The molecule has 2 fully saturated rings. The van der Waals surface area contributed by atoms with Gasteiger partial charge in [-0.1, -0.05) is 18.7 Å². The van der Waals surface area contributed by atoms with Gasteiger partial charge in [0.25, 0.3) is 0 Å². The van der Waals surface area contributed by atoms with Crippen LogP contribution in [0.1, 0.15) is 25.3 Å². The van der Waals surface area contributed by atoms with E-state index in [0.717, 1.165) is 5.56 Å². The number of carbonyl (C=O) groups excluding carboxylic acids is 2. The Morgan fingerprint density at radius 1 is 1.32 bits per heavy atom. The highest BCUT2D eigenvalue weighted by atomic mass is 32.2. The fraction of sp³-hybridized carbons (Fsp3) is 0.474. The van der Waals surface area contributed by atoms with Crippen molar-refractivity contribution in [3.63, 3.8) is 0 Å². The summed E-state index contributed by atoms with van der Waals surface area (Å²) in [5.41, 5.74) is 0.827. The monoisotopic (exact) mass is 407 g/mol. The zero-order valence-corrected chi connectivity index (χ0v) is 16.6. The Morgan fingerprint density at radius 3 is 2.68 bits per heavy atom. The van der Waals surface area contributed by atoms with E-state index in [-0.39, 0.29) is 35.3 Å². The van der Waals surface area contributed by atoms with Gasteiger partial charge in [0, 0.05) is 26.6 Å². The van der Waals surface area contributed by atoms with Gasteiger partial charge in [-0.05, 0) is 42.5 Å². The molecule has 2 N–H and O–H groups in total. The molecule has 2 aliphatic rings. The number of fused-ring (bicyclic) bond motifs is 1. The number of nitrogens with one attached hydrogen (secondary N) is 2. The van der Waals surface area contributed by atoms with Crippen molar-refractivity contribution in [3.8, 4) is 0 Å². The largest absolute Gasteiger partial charge is 0.354 e. The number of ether oxygens (including phenoxy) is 1. The van der Waals surface area contributed by atoms with Crippen LogP contribution in [-0.2, 0) is 30.9 Å². The van der Waals surface area contributed by atoms with E-state index in [1.54, 1.807) is 24.3 Å². The minimum absolute atomic E-state index is 0.140. The number of piperidine rings is 1. The number of benzene rings is 1. The highest BCUT2D eigenvalue weighted by Crippen LogP contribution is 2.34. The molecular formula is C19H25N3O5S. The third-order valence-corrected chi connectivity index (χ3v) is 6.99. The summed E-state index contributed by atoms with van der Waals surface area (Å²) in [5, 5.41) is 5.40. The lowest BCUT2D eigenvalue weighted by Gasteiger charge is -2.33. The Kier molecular flexibility index (Phi) is 6.17. The Hall–Kier alpha value is -2.23. The Bertz CT molecular complexity index is 853. The van der Waals surface area contributed by atoms with Gasteiger partial charge in [-0.2, -0.15) is 4.31 Å². The molecule has 3 unspecified atom stereocenters. The van der Waals surface area contributed by atoms with Crippen LogP contribution in [0.4, 0.5) is 0 Å². The van der Waals surface area contributed by atoms with Crippen LogP contribution < -0.4 is 10.6 Å². The highest BCUT2D eigenvalue weighted by Gasteiger charge is 2.42. The first-order chi connectivity index (χ1) is 13.3. The van der Waals surface area contributed by atoms with Crippen molar-refractivity contribution in [1.82, 2.24) is 14.9 Å². The van der Waals surface area contributed by atoms with Crippen LogP contribution in [0.5, 0.6) is 0 Å². The van der Waals surface area contributed by atoms with Gasteiger partial charge in [0.05, 0.1) is 11.0 Å². The summed E-state index contributed by atoms with van der Waals surface area (Å²) in [4.78, 5) is 22.7. The number of rotatable bonds is 6. The summed E-state index contributed by atoms with van der Waals surface area (Å²) in [7, 11) is -3.63. The second-order valence-electron chi connectivity index (χ2n) is 7.08. The van der Waals surface area contributed by atoms with E-state index in [1.807, 2.05) is 0 Å². The second kappa shape index (κ2) is 8.42. The van der Waals surface area contributed by atoms with Gasteiger partial charge in [-0.3, -0.25) is 9.59 Å². The van der Waals surface area contributed by atoms with Crippen LogP contribution in [0.15, 0.2) is 41.8 Å². The predicted molar refractivity (Wildman–Crippen MR) is 102 cm³/mol. The number of sulfonamides is 1. The van der Waals surface area contributed by atoms with Gasteiger partial charge in [-0.25, -0.2) is 8.42 Å². The number of nitrogens with zero attached hydrogens (tertiary/aromatic N) is 1. The number of hydrogen-bond acceptors (Lipinski definition) is 5. The molecule has 1 aromatic carbocycles. The molecule has 9 heteroatoms. The standard InChI is InChI=1S/C19H25N3O5S/c1-3-18(24)21-19-10-15-8-9-22(12-17(15)27-19)28(25,26)16-6-4-14(5-7-16)11-20-13(2)23/h3-7,15,17,19H,1,8-12H2,2H3,(H,20,23)(H,21,24). The molecule has 2 saturated heterocycles. The lowest BCUT2D eigenvalue weighted by Crippen LogP contribution is -2.45. The van der Waals surface area contributed by atoms with Crippen molar-refractivity contribution >= 4 is 21.8 Å². The Balaban J connectivity index is 1.64. The third kappa shape index (κ3) is 4.60. The van der Waals surface area contributed by atoms with E-state index < -0.39 is 16.3 Å². The SMILES string of the molecule is C=CC(=O)NC1CC2CCN(S(=O)(=O)c3ccc(CNC(C)=O)cc3)CC2O1. The summed E-state index contributed by atoms with van der Waals surface area (Å²) >= 11 is 0. The van der Waals surface area contributed by atoms with Crippen molar-refractivity contribution in [2.75, 3.05) is 13.1 Å². The molecule has 8 nitrogen and oxygen atoms in total. The van der Waals surface area contributed by atoms with Gasteiger partial charge < -0.3 is 15.4 Å². The van der Waals surface area contributed by atoms with Gasteiger partial charge in [0.1, 0.15) is 6.23 Å². The quantitative estimate of drug-likeness (QED) is 0.677.